The van der Waals surface area contributed by atoms with Gasteiger partial charge in [0.1, 0.15) is 0 Å². The highest BCUT2D eigenvalue weighted by Gasteiger charge is 1.89. The molecular formula is C12H16N2. The first-order valence-electron chi connectivity index (χ1n) is 4.72. The van der Waals surface area contributed by atoms with Crippen LogP contribution in [-0.2, 0) is 0 Å². The first-order valence-corrected chi connectivity index (χ1v) is 4.72. The van der Waals surface area contributed by atoms with Gasteiger partial charge in [-0.05, 0) is 50.5 Å². The van der Waals surface area contributed by atoms with Crippen LogP contribution in [0.3, 0.4) is 0 Å². The Balaban J connectivity index is 2.58. The summed E-state index contributed by atoms with van der Waals surface area (Å²) < 4.78 is 0. The van der Waals surface area contributed by atoms with Crippen molar-refractivity contribution in [2.24, 2.45) is 0 Å². The molecule has 0 heterocycles. The van der Waals surface area contributed by atoms with Crippen LogP contribution in [0.25, 0.3) is 0 Å². The molecule has 0 aliphatic rings. The third-order valence-corrected chi connectivity index (χ3v) is 1.72. The Kier molecular flexibility index (Phi) is 4.35. The molecule has 0 saturated carbocycles. The fourth-order valence-electron chi connectivity index (χ4n) is 1.02. The summed E-state index contributed by atoms with van der Waals surface area (Å²) in [5.41, 5.74) is 2.18. The van der Waals surface area contributed by atoms with E-state index in [0.717, 1.165) is 11.4 Å². The van der Waals surface area contributed by atoms with E-state index in [1.165, 1.54) is 0 Å². The lowest BCUT2D eigenvalue weighted by Crippen LogP contribution is -1.89. The van der Waals surface area contributed by atoms with Crippen LogP contribution in [0.4, 0.5) is 11.4 Å². The maximum absolute atomic E-state index is 3.15. The second-order valence-electron chi connectivity index (χ2n) is 2.87. The highest BCUT2D eigenvalue weighted by Crippen LogP contribution is 2.13. The standard InChI is InChI=1S/C12H16N2/c1-3-9-13-11-5-7-12(8-6-11)14-10-4-2/h3-10,13-14H,1-2H3. The van der Waals surface area contributed by atoms with Crippen molar-refractivity contribution in [1.29, 1.82) is 0 Å². The summed E-state index contributed by atoms with van der Waals surface area (Å²) in [4.78, 5) is 0. The monoisotopic (exact) mass is 188 g/mol. The van der Waals surface area contributed by atoms with Gasteiger partial charge in [0.2, 0.25) is 0 Å². The van der Waals surface area contributed by atoms with Crippen molar-refractivity contribution in [3.8, 4) is 0 Å². The average Bonchev–Trinajstić information content (AvgIpc) is 2.25. The Morgan fingerprint density at radius 3 is 1.43 bits per heavy atom. The van der Waals surface area contributed by atoms with Crippen LogP contribution in [-0.4, -0.2) is 0 Å². The Labute approximate surface area is 85.3 Å². The SMILES string of the molecule is CC=CNc1ccc(NC=CC)cc1. The molecule has 2 heteroatoms. The number of anilines is 2. The van der Waals surface area contributed by atoms with Crippen molar-refractivity contribution in [3.63, 3.8) is 0 Å². The maximum atomic E-state index is 3.15. The van der Waals surface area contributed by atoms with Gasteiger partial charge in [0.25, 0.3) is 0 Å². The van der Waals surface area contributed by atoms with Gasteiger partial charge in [-0.15, -0.1) is 0 Å². The minimum atomic E-state index is 1.09. The molecule has 14 heavy (non-hydrogen) atoms. The van der Waals surface area contributed by atoms with Gasteiger partial charge in [-0.3, -0.25) is 0 Å². The molecule has 0 radical (unpaired) electrons. The second kappa shape index (κ2) is 5.86. The Bertz CT molecular complexity index is 277. The summed E-state index contributed by atoms with van der Waals surface area (Å²) in [6.07, 6.45) is 7.75. The van der Waals surface area contributed by atoms with E-state index in [-0.39, 0.29) is 0 Å². The molecule has 0 aromatic heterocycles. The van der Waals surface area contributed by atoms with E-state index in [1.54, 1.807) is 0 Å². The zero-order valence-electron chi connectivity index (χ0n) is 8.62. The first kappa shape index (κ1) is 10.4. The summed E-state index contributed by atoms with van der Waals surface area (Å²) >= 11 is 0. The molecule has 0 amide bonds. The van der Waals surface area contributed by atoms with E-state index < -0.39 is 0 Å². The van der Waals surface area contributed by atoms with E-state index in [0.29, 0.717) is 0 Å². The van der Waals surface area contributed by atoms with Gasteiger partial charge >= 0.3 is 0 Å². The molecular weight excluding hydrogens is 172 g/mol. The van der Waals surface area contributed by atoms with E-state index >= 15 is 0 Å². The molecule has 0 atom stereocenters. The van der Waals surface area contributed by atoms with Gasteiger partial charge in [-0.2, -0.15) is 0 Å². The van der Waals surface area contributed by atoms with Crippen LogP contribution in [0, 0.1) is 0 Å². The van der Waals surface area contributed by atoms with Crippen molar-refractivity contribution >= 4 is 11.4 Å². The summed E-state index contributed by atoms with van der Waals surface area (Å²) in [5.74, 6) is 0. The first-order chi connectivity index (χ1) is 6.86. The molecule has 74 valence electrons. The number of nitrogens with one attached hydrogen (secondary N) is 2. The average molecular weight is 188 g/mol. The maximum Gasteiger partial charge on any atom is 0.0381 e. The van der Waals surface area contributed by atoms with Crippen LogP contribution >= 0.6 is 0 Å². The lowest BCUT2D eigenvalue weighted by atomic mass is 10.3. The smallest absolute Gasteiger partial charge is 0.0381 e. The van der Waals surface area contributed by atoms with Crippen LogP contribution in [0.5, 0.6) is 0 Å². The topological polar surface area (TPSA) is 24.1 Å². The Morgan fingerprint density at radius 2 is 1.14 bits per heavy atom. The molecule has 2 nitrogen and oxygen atoms in total. The molecule has 0 aliphatic heterocycles. The highest BCUT2D eigenvalue weighted by molar-refractivity contribution is 5.55. The Morgan fingerprint density at radius 1 is 0.786 bits per heavy atom. The molecule has 2 N–H and O–H groups in total. The summed E-state index contributed by atoms with van der Waals surface area (Å²) in [5, 5.41) is 6.30. The van der Waals surface area contributed by atoms with Crippen molar-refractivity contribution in [3.05, 3.63) is 48.8 Å². The zero-order valence-corrected chi connectivity index (χ0v) is 8.62. The lowest BCUT2D eigenvalue weighted by Gasteiger charge is -2.03. The van der Waals surface area contributed by atoms with Crippen molar-refractivity contribution < 1.29 is 0 Å². The normalized spacial score (nSPS) is 11.0. The van der Waals surface area contributed by atoms with Gasteiger partial charge in [0, 0.05) is 11.4 Å². The van der Waals surface area contributed by atoms with Crippen LogP contribution in [0.1, 0.15) is 13.8 Å². The molecule has 0 fully saturated rings. The van der Waals surface area contributed by atoms with Gasteiger partial charge in [0.15, 0.2) is 0 Å². The van der Waals surface area contributed by atoms with E-state index in [9.17, 15) is 0 Å². The fourth-order valence-corrected chi connectivity index (χ4v) is 1.02. The quantitative estimate of drug-likeness (QED) is 0.754. The molecule has 1 aromatic carbocycles. The number of hydrogen-bond donors (Lipinski definition) is 2. The Hall–Kier alpha value is -1.70. The molecule has 0 bridgehead atoms. The number of allylic oxidation sites excluding steroid dienone is 2. The third-order valence-electron chi connectivity index (χ3n) is 1.72. The minimum absolute atomic E-state index is 1.09. The van der Waals surface area contributed by atoms with Crippen molar-refractivity contribution in [2.45, 2.75) is 13.8 Å². The van der Waals surface area contributed by atoms with Crippen molar-refractivity contribution in [2.75, 3.05) is 10.6 Å². The minimum Gasteiger partial charge on any atom is -0.362 e. The molecule has 0 unspecified atom stereocenters. The van der Waals surface area contributed by atoms with Gasteiger partial charge in [-0.25, -0.2) is 0 Å². The van der Waals surface area contributed by atoms with Gasteiger partial charge in [-0.1, -0.05) is 12.2 Å². The van der Waals surface area contributed by atoms with Crippen LogP contribution in [0.2, 0.25) is 0 Å². The lowest BCUT2D eigenvalue weighted by molar-refractivity contribution is 1.52. The van der Waals surface area contributed by atoms with Crippen LogP contribution in [0.15, 0.2) is 48.8 Å². The number of rotatable bonds is 4. The predicted octanol–water partition coefficient (Wildman–Crippen LogP) is 3.58. The molecule has 1 rings (SSSR count). The van der Waals surface area contributed by atoms with Crippen molar-refractivity contribution in [1.82, 2.24) is 0 Å². The molecule has 0 aliphatic carbocycles. The number of benzene rings is 1. The van der Waals surface area contributed by atoms with E-state index in [2.05, 4.69) is 10.6 Å². The summed E-state index contributed by atoms with van der Waals surface area (Å²) in [6, 6.07) is 8.13. The van der Waals surface area contributed by atoms with Gasteiger partial charge < -0.3 is 10.6 Å². The predicted molar refractivity (Wildman–Crippen MR) is 63.3 cm³/mol. The largest absolute Gasteiger partial charge is 0.362 e. The fraction of sp³-hybridized carbons (Fsp3) is 0.167. The van der Waals surface area contributed by atoms with E-state index in [4.69, 9.17) is 0 Å². The molecule has 0 saturated heterocycles. The zero-order chi connectivity index (χ0) is 10.2. The molecule has 0 spiro atoms. The highest BCUT2D eigenvalue weighted by atomic mass is 14.9. The number of hydrogen-bond acceptors (Lipinski definition) is 2. The third kappa shape index (κ3) is 3.35. The second-order valence-corrected chi connectivity index (χ2v) is 2.87. The summed E-state index contributed by atoms with van der Waals surface area (Å²) in [7, 11) is 0. The van der Waals surface area contributed by atoms with E-state index in [1.807, 2.05) is 62.7 Å². The molecule has 1 aromatic rings. The van der Waals surface area contributed by atoms with Crippen LogP contribution < -0.4 is 10.6 Å². The summed E-state index contributed by atoms with van der Waals surface area (Å²) in [6.45, 7) is 3.96. The van der Waals surface area contributed by atoms with Gasteiger partial charge in [0.05, 0.1) is 0 Å².